The molecule has 1 atom stereocenters. The van der Waals surface area contributed by atoms with Gasteiger partial charge in [-0.2, -0.15) is 0 Å². The van der Waals surface area contributed by atoms with Gasteiger partial charge in [-0.3, -0.25) is 9.69 Å². The molecule has 3 rings (SSSR count). The van der Waals surface area contributed by atoms with Crippen LogP contribution in [0.5, 0.6) is 5.75 Å². The van der Waals surface area contributed by atoms with Crippen molar-refractivity contribution in [3.05, 3.63) is 71.3 Å². The van der Waals surface area contributed by atoms with Crippen molar-refractivity contribution in [2.45, 2.75) is 18.9 Å². The summed E-state index contributed by atoms with van der Waals surface area (Å²) in [6.07, 6.45) is 5.60. The minimum absolute atomic E-state index is 0.110. The van der Waals surface area contributed by atoms with E-state index in [4.69, 9.17) is 4.74 Å². The first-order chi connectivity index (χ1) is 14.6. The first-order valence-electron chi connectivity index (χ1n) is 10.1. The molecule has 0 saturated carbocycles. The summed E-state index contributed by atoms with van der Waals surface area (Å²) >= 11 is 0. The van der Waals surface area contributed by atoms with Crippen LogP contribution in [0.1, 0.15) is 40.4 Å². The molecule has 158 valence electrons. The minimum Gasteiger partial charge on any atom is -0.497 e. The first kappa shape index (κ1) is 21.6. The van der Waals surface area contributed by atoms with Gasteiger partial charge in [0, 0.05) is 12.6 Å². The zero-order valence-corrected chi connectivity index (χ0v) is 17.5. The van der Waals surface area contributed by atoms with Gasteiger partial charge in [0.05, 0.1) is 25.8 Å². The summed E-state index contributed by atoms with van der Waals surface area (Å²) in [5.74, 6) is 0.284. The molecular weight excluding hydrogens is 380 g/mol. The number of methoxy groups -OCH3 is 2. The molecule has 1 fully saturated rings. The van der Waals surface area contributed by atoms with E-state index in [1.165, 1.54) is 26.0 Å². The summed E-state index contributed by atoms with van der Waals surface area (Å²) < 4.78 is 10.1. The van der Waals surface area contributed by atoms with Gasteiger partial charge < -0.3 is 14.8 Å². The normalized spacial score (nSPS) is 15.1. The van der Waals surface area contributed by atoms with Gasteiger partial charge in [0.25, 0.3) is 0 Å². The van der Waals surface area contributed by atoms with Crippen LogP contribution in [0.25, 0.3) is 6.08 Å². The Balaban J connectivity index is 1.62. The summed E-state index contributed by atoms with van der Waals surface area (Å²) in [5, 5.41) is 3.02. The van der Waals surface area contributed by atoms with Crippen LogP contribution in [0, 0.1) is 0 Å². The number of likely N-dealkylation sites (tertiary alicyclic amines) is 1. The van der Waals surface area contributed by atoms with Gasteiger partial charge in [-0.25, -0.2) is 4.79 Å². The predicted octanol–water partition coefficient (Wildman–Crippen LogP) is 3.45. The third-order valence-corrected chi connectivity index (χ3v) is 5.29. The highest BCUT2D eigenvalue weighted by molar-refractivity contribution is 5.92. The van der Waals surface area contributed by atoms with Crippen LogP contribution in [0.3, 0.4) is 0 Å². The second-order valence-corrected chi connectivity index (χ2v) is 7.23. The molecule has 0 radical (unpaired) electrons. The zero-order valence-electron chi connectivity index (χ0n) is 17.5. The Bertz CT molecular complexity index is 886. The molecule has 1 unspecified atom stereocenters. The maximum absolute atomic E-state index is 12.4. The third-order valence-electron chi connectivity index (χ3n) is 5.29. The number of carbonyl (C=O) groups is 2. The second-order valence-electron chi connectivity index (χ2n) is 7.23. The van der Waals surface area contributed by atoms with Crippen LogP contribution in [-0.2, 0) is 9.53 Å². The Kier molecular flexibility index (Phi) is 7.63. The number of carbonyl (C=O) groups excluding carboxylic acids is 2. The number of nitrogens with zero attached hydrogens (tertiary/aromatic N) is 1. The average Bonchev–Trinajstić information content (AvgIpc) is 3.32. The van der Waals surface area contributed by atoms with Crippen molar-refractivity contribution in [2.75, 3.05) is 33.9 Å². The van der Waals surface area contributed by atoms with E-state index in [2.05, 4.69) is 21.0 Å². The van der Waals surface area contributed by atoms with Gasteiger partial charge in [0.1, 0.15) is 5.75 Å². The Labute approximate surface area is 177 Å². The Morgan fingerprint density at radius 2 is 1.83 bits per heavy atom. The number of hydrogen-bond donors (Lipinski definition) is 1. The fourth-order valence-corrected chi connectivity index (χ4v) is 3.64. The number of hydrogen-bond acceptors (Lipinski definition) is 5. The van der Waals surface area contributed by atoms with Crippen molar-refractivity contribution in [2.24, 2.45) is 0 Å². The molecule has 1 aliphatic rings. The lowest BCUT2D eigenvalue weighted by atomic mass is 10.0. The molecule has 6 heteroatoms. The topological polar surface area (TPSA) is 67.9 Å². The highest BCUT2D eigenvalue weighted by atomic mass is 16.5. The quantitative estimate of drug-likeness (QED) is 0.535. The highest BCUT2D eigenvalue weighted by Gasteiger charge is 2.24. The lowest BCUT2D eigenvalue weighted by Crippen LogP contribution is -2.36. The maximum atomic E-state index is 12.4. The zero-order chi connectivity index (χ0) is 21.3. The van der Waals surface area contributed by atoms with E-state index in [0.717, 1.165) is 30.0 Å². The number of esters is 1. The first-order valence-corrected chi connectivity index (χ1v) is 10.1. The van der Waals surface area contributed by atoms with E-state index in [0.29, 0.717) is 12.1 Å². The van der Waals surface area contributed by atoms with Crippen molar-refractivity contribution in [1.82, 2.24) is 10.2 Å². The molecule has 0 bridgehead atoms. The van der Waals surface area contributed by atoms with Crippen molar-refractivity contribution in [3.63, 3.8) is 0 Å². The van der Waals surface area contributed by atoms with Gasteiger partial charge in [-0.05, 0) is 67.4 Å². The van der Waals surface area contributed by atoms with Crippen LogP contribution < -0.4 is 10.1 Å². The predicted molar refractivity (Wildman–Crippen MR) is 116 cm³/mol. The molecule has 1 saturated heterocycles. The Hall–Kier alpha value is -3.12. The molecule has 2 aromatic rings. The van der Waals surface area contributed by atoms with E-state index in [-0.39, 0.29) is 17.9 Å². The van der Waals surface area contributed by atoms with Gasteiger partial charge >= 0.3 is 5.97 Å². The Morgan fingerprint density at radius 3 is 2.50 bits per heavy atom. The van der Waals surface area contributed by atoms with E-state index in [9.17, 15) is 9.59 Å². The number of benzene rings is 2. The fourth-order valence-electron chi connectivity index (χ4n) is 3.64. The lowest BCUT2D eigenvalue weighted by Gasteiger charge is -2.28. The van der Waals surface area contributed by atoms with Crippen molar-refractivity contribution >= 4 is 18.0 Å². The SMILES string of the molecule is COC(=O)c1ccc(/C=C/C(=O)NCC(c2cccc(OC)c2)N2CCCC2)cc1. The largest absolute Gasteiger partial charge is 0.497 e. The van der Waals surface area contributed by atoms with Crippen molar-refractivity contribution in [3.8, 4) is 5.75 Å². The van der Waals surface area contributed by atoms with Crippen LogP contribution in [0.2, 0.25) is 0 Å². The van der Waals surface area contributed by atoms with Gasteiger partial charge in [0.15, 0.2) is 0 Å². The number of nitrogens with one attached hydrogen (secondary N) is 1. The molecule has 1 amide bonds. The number of ether oxygens (including phenoxy) is 2. The molecule has 0 aliphatic carbocycles. The summed E-state index contributed by atoms with van der Waals surface area (Å²) in [7, 11) is 3.01. The van der Waals surface area contributed by atoms with Crippen LogP contribution in [0.4, 0.5) is 0 Å². The molecular formula is C24H28N2O4. The standard InChI is InChI=1S/C24H28N2O4/c1-29-21-7-5-6-20(16-21)22(26-14-3-4-15-26)17-25-23(27)13-10-18-8-11-19(12-9-18)24(28)30-2/h5-13,16,22H,3-4,14-15,17H2,1-2H3,(H,25,27)/b13-10+. The van der Waals surface area contributed by atoms with E-state index >= 15 is 0 Å². The van der Waals surface area contributed by atoms with Gasteiger partial charge in [-0.1, -0.05) is 24.3 Å². The Morgan fingerprint density at radius 1 is 1.10 bits per heavy atom. The molecule has 1 aliphatic heterocycles. The van der Waals surface area contributed by atoms with Gasteiger partial charge in [0.2, 0.25) is 5.91 Å². The van der Waals surface area contributed by atoms with Gasteiger partial charge in [-0.15, -0.1) is 0 Å². The summed E-state index contributed by atoms with van der Waals surface area (Å²) in [6, 6.07) is 15.0. The van der Waals surface area contributed by atoms with Crippen LogP contribution in [-0.4, -0.2) is 50.6 Å². The maximum Gasteiger partial charge on any atom is 0.337 e. The lowest BCUT2D eigenvalue weighted by molar-refractivity contribution is -0.116. The molecule has 1 heterocycles. The van der Waals surface area contributed by atoms with E-state index < -0.39 is 0 Å². The molecule has 0 aromatic heterocycles. The highest BCUT2D eigenvalue weighted by Crippen LogP contribution is 2.27. The minimum atomic E-state index is -0.381. The second kappa shape index (κ2) is 10.6. The summed E-state index contributed by atoms with van der Waals surface area (Å²) in [6.45, 7) is 2.58. The third kappa shape index (κ3) is 5.70. The van der Waals surface area contributed by atoms with E-state index in [1.54, 1.807) is 37.5 Å². The smallest absolute Gasteiger partial charge is 0.337 e. The molecule has 6 nitrogen and oxygen atoms in total. The number of rotatable bonds is 8. The molecule has 1 N–H and O–H groups in total. The number of amides is 1. The van der Waals surface area contributed by atoms with Crippen molar-refractivity contribution in [1.29, 1.82) is 0 Å². The molecule has 30 heavy (non-hydrogen) atoms. The summed E-state index contributed by atoms with van der Waals surface area (Å²) in [5.41, 5.74) is 2.45. The summed E-state index contributed by atoms with van der Waals surface area (Å²) in [4.78, 5) is 26.3. The van der Waals surface area contributed by atoms with Crippen molar-refractivity contribution < 1.29 is 19.1 Å². The van der Waals surface area contributed by atoms with Crippen LogP contribution in [0.15, 0.2) is 54.6 Å². The molecule has 2 aromatic carbocycles. The average molecular weight is 408 g/mol. The molecule has 0 spiro atoms. The monoisotopic (exact) mass is 408 g/mol. The fraction of sp³-hybridized carbons (Fsp3) is 0.333. The van der Waals surface area contributed by atoms with Crippen LogP contribution >= 0.6 is 0 Å². The van der Waals surface area contributed by atoms with E-state index in [1.807, 2.05) is 18.2 Å².